The fourth-order valence-electron chi connectivity index (χ4n) is 2.67. The van der Waals surface area contributed by atoms with Crippen LogP contribution in [-0.2, 0) is 9.59 Å². The number of carbonyl (C=O) groups is 2. The highest BCUT2D eigenvalue weighted by Crippen LogP contribution is 2.34. The van der Waals surface area contributed by atoms with Crippen molar-refractivity contribution in [1.82, 2.24) is 10.6 Å². The first-order valence-electron chi connectivity index (χ1n) is 6.91. The van der Waals surface area contributed by atoms with Crippen molar-refractivity contribution in [3.63, 3.8) is 0 Å². The highest BCUT2D eigenvalue weighted by molar-refractivity contribution is 5.87. The lowest BCUT2D eigenvalue weighted by Gasteiger charge is -2.36. The molecule has 0 radical (unpaired) electrons. The average molecular weight is 272 g/mol. The van der Waals surface area contributed by atoms with Crippen molar-refractivity contribution in [3.8, 4) is 0 Å². The second-order valence-corrected chi connectivity index (χ2v) is 5.16. The molecule has 4 N–H and O–H groups in total. The summed E-state index contributed by atoms with van der Waals surface area (Å²) in [6, 6.07) is -0.999. The minimum absolute atomic E-state index is 0.0432. The molecule has 6 nitrogen and oxygen atoms in total. The van der Waals surface area contributed by atoms with Gasteiger partial charge in [0, 0.05) is 13.0 Å². The number of carboxylic acid groups (broad SMARTS) is 1. The first kappa shape index (κ1) is 15.9. The quantitative estimate of drug-likeness (QED) is 0.527. The molecule has 110 valence electrons. The van der Waals surface area contributed by atoms with Gasteiger partial charge in [0.2, 0.25) is 5.91 Å². The maximum Gasteiger partial charge on any atom is 0.326 e. The maximum atomic E-state index is 12.4. The molecule has 0 aromatic heterocycles. The Morgan fingerprint density at radius 1 is 1.37 bits per heavy atom. The molecule has 1 atom stereocenters. The van der Waals surface area contributed by atoms with Crippen LogP contribution >= 0.6 is 0 Å². The van der Waals surface area contributed by atoms with Gasteiger partial charge >= 0.3 is 5.97 Å². The van der Waals surface area contributed by atoms with E-state index in [-0.39, 0.29) is 18.9 Å². The topological polar surface area (TPSA) is 98.7 Å². The molecule has 0 bridgehead atoms. The van der Waals surface area contributed by atoms with E-state index in [4.69, 9.17) is 10.2 Å². The van der Waals surface area contributed by atoms with Gasteiger partial charge in [-0.3, -0.25) is 4.79 Å². The normalized spacial score (nSPS) is 19.7. The summed E-state index contributed by atoms with van der Waals surface area (Å²) in [5, 5.41) is 23.7. The summed E-state index contributed by atoms with van der Waals surface area (Å²) < 4.78 is 0. The fraction of sp³-hybridized carbons (Fsp3) is 0.846. The predicted octanol–water partition coefficient (Wildman–Crippen LogP) is 0.108. The average Bonchev–Trinajstić information content (AvgIpc) is 2.39. The Bertz CT molecular complexity index is 308. The van der Waals surface area contributed by atoms with Crippen molar-refractivity contribution in [2.75, 3.05) is 19.7 Å². The summed E-state index contributed by atoms with van der Waals surface area (Å²) in [5.41, 5.74) is -0.455. The smallest absolute Gasteiger partial charge is 0.326 e. The van der Waals surface area contributed by atoms with Crippen LogP contribution in [0, 0.1) is 5.41 Å². The van der Waals surface area contributed by atoms with Gasteiger partial charge in [-0.2, -0.15) is 0 Å². The molecule has 0 unspecified atom stereocenters. The highest BCUT2D eigenvalue weighted by Gasteiger charge is 2.39. The molecule has 1 saturated heterocycles. The first-order chi connectivity index (χ1) is 9.05. The number of piperidine rings is 1. The van der Waals surface area contributed by atoms with Crippen LogP contribution in [0.25, 0.3) is 0 Å². The minimum atomic E-state index is -1.09. The van der Waals surface area contributed by atoms with Crippen molar-refractivity contribution in [3.05, 3.63) is 0 Å². The molecule has 1 fully saturated rings. The van der Waals surface area contributed by atoms with Gasteiger partial charge in [0.25, 0.3) is 0 Å². The molecule has 19 heavy (non-hydrogen) atoms. The number of amides is 1. The number of aliphatic hydroxyl groups excluding tert-OH is 1. The third kappa shape index (κ3) is 4.18. The van der Waals surface area contributed by atoms with E-state index >= 15 is 0 Å². The van der Waals surface area contributed by atoms with Crippen LogP contribution in [0.5, 0.6) is 0 Å². The number of carboxylic acids is 1. The SMILES string of the molecule is CCCC1(C(=O)N[C@H](CCO)C(=O)O)CCNCC1. The van der Waals surface area contributed by atoms with Crippen LogP contribution in [-0.4, -0.2) is 47.8 Å². The van der Waals surface area contributed by atoms with Gasteiger partial charge in [0.15, 0.2) is 0 Å². The zero-order valence-electron chi connectivity index (χ0n) is 11.4. The lowest BCUT2D eigenvalue weighted by molar-refractivity contribution is -0.145. The Balaban J connectivity index is 2.73. The predicted molar refractivity (Wildman–Crippen MR) is 70.7 cm³/mol. The molecule has 0 spiro atoms. The molecular formula is C13H24N2O4. The van der Waals surface area contributed by atoms with Gasteiger partial charge < -0.3 is 20.8 Å². The molecule has 1 amide bonds. The largest absolute Gasteiger partial charge is 0.480 e. The van der Waals surface area contributed by atoms with E-state index in [1.54, 1.807) is 0 Å². The Kier molecular flexibility index (Phi) is 6.24. The molecule has 1 aliphatic rings. The van der Waals surface area contributed by atoms with Crippen LogP contribution in [0.2, 0.25) is 0 Å². The molecule has 6 heteroatoms. The van der Waals surface area contributed by atoms with Gasteiger partial charge in [-0.05, 0) is 32.4 Å². The molecule has 0 aliphatic carbocycles. The van der Waals surface area contributed by atoms with Gasteiger partial charge in [0.05, 0.1) is 5.41 Å². The molecule has 0 aromatic rings. The van der Waals surface area contributed by atoms with Crippen molar-refractivity contribution in [1.29, 1.82) is 0 Å². The number of hydrogen-bond acceptors (Lipinski definition) is 4. The van der Waals surface area contributed by atoms with E-state index in [1.807, 2.05) is 6.92 Å². The van der Waals surface area contributed by atoms with Crippen LogP contribution < -0.4 is 10.6 Å². The van der Waals surface area contributed by atoms with Gasteiger partial charge in [-0.1, -0.05) is 13.3 Å². The first-order valence-corrected chi connectivity index (χ1v) is 6.91. The molecular weight excluding hydrogens is 248 g/mol. The van der Waals surface area contributed by atoms with Crippen LogP contribution in [0.4, 0.5) is 0 Å². The van der Waals surface area contributed by atoms with Crippen molar-refractivity contribution < 1.29 is 19.8 Å². The summed E-state index contributed by atoms with van der Waals surface area (Å²) in [7, 11) is 0. The maximum absolute atomic E-state index is 12.4. The van der Waals surface area contributed by atoms with Crippen LogP contribution in [0.3, 0.4) is 0 Å². The van der Waals surface area contributed by atoms with Crippen molar-refractivity contribution in [2.24, 2.45) is 5.41 Å². The van der Waals surface area contributed by atoms with Crippen molar-refractivity contribution in [2.45, 2.75) is 45.1 Å². The number of hydrogen-bond donors (Lipinski definition) is 4. The number of aliphatic carboxylic acids is 1. The van der Waals surface area contributed by atoms with E-state index in [0.717, 1.165) is 38.8 Å². The molecule has 0 aromatic carbocycles. The monoisotopic (exact) mass is 272 g/mol. The third-order valence-corrected chi connectivity index (χ3v) is 3.79. The van der Waals surface area contributed by atoms with E-state index < -0.39 is 17.4 Å². The summed E-state index contributed by atoms with van der Waals surface area (Å²) >= 11 is 0. The lowest BCUT2D eigenvalue weighted by atomic mass is 9.74. The van der Waals surface area contributed by atoms with Crippen molar-refractivity contribution >= 4 is 11.9 Å². The number of aliphatic hydroxyl groups is 1. The number of carbonyl (C=O) groups excluding carboxylic acids is 1. The Labute approximate surface area is 113 Å². The lowest BCUT2D eigenvalue weighted by Crippen LogP contribution is -2.52. The highest BCUT2D eigenvalue weighted by atomic mass is 16.4. The third-order valence-electron chi connectivity index (χ3n) is 3.79. The standard InChI is InChI=1S/C13H24N2O4/c1-2-4-13(5-7-14-8-6-13)12(19)15-10(3-9-16)11(17)18/h10,14,16H,2-9H2,1H3,(H,15,19)(H,17,18)/t10-/m1/s1. The van der Waals surface area contributed by atoms with Crippen LogP contribution in [0.1, 0.15) is 39.0 Å². The van der Waals surface area contributed by atoms with E-state index in [2.05, 4.69) is 10.6 Å². The van der Waals surface area contributed by atoms with E-state index in [1.165, 1.54) is 0 Å². The number of nitrogens with one attached hydrogen (secondary N) is 2. The number of rotatable bonds is 7. The Morgan fingerprint density at radius 3 is 2.47 bits per heavy atom. The van der Waals surface area contributed by atoms with E-state index in [0.29, 0.717) is 0 Å². The molecule has 1 rings (SSSR count). The zero-order chi connectivity index (χ0) is 14.3. The molecule has 1 aliphatic heterocycles. The Hall–Kier alpha value is -1.14. The summed E-state index contributed by atoms with van der Waals surface area (Å²) in [6.45, 7) is 3.34. The fourth-order valence-corrected chi connectivity index (χ4v) is 2.67. The molecule has 1 heterocycles. The van der Waals surface area contributed by atoms with Gasteiger partial charge in [-0.25, -0.2) is 4.79 Å². The second kappa shape index (κ2) is 7.45. The van der Waals surface area contributed by atoms with Gasteiger partial charge in [-0.15, -0.1) is 0 Å². The summed E-state index contributed by atoms with van der Waals surface area (Å²) in [5.74, 6) is -1.28. The summed E-state index contributed by atoms with van der Waals surface area (Å²) in [6.07, 6.45) is 3.18. The van der Waals surface area contributed by atoms with Gasteiger partial charge in [0.1, 0.15) is 6.04 Å². The van der Waals surface area contributed by atoms with E-state index in [9.17, 15) is 9.59 Å². The summed E-state index contributed by atoms with van der Waals surface area (Å²) in [4.78, 5) is 23.4. The zero-order valence-corrected chi connectivity index (χ0v) is 11.4. The van der Waals surface area contributed by atoms with Crippen LogP contribution in [0.15, 0.2) is 0 Å². The molecule has 0 saturated carbocycles. The Morgan fingerprint density at radius 2 is 2.00 bits per heavy atom. The minimum Gasteiger partial charge on any atom is -0.480 e. The second-order valence-electron chi connectivity index (χ2n) is 5.16.